The largest absolute Gasteiger partial charge is 0.445 e. The molecule has 3 aromatic rings. The van der Waals surface area contributed by atoms with Crippen LogP contribution in [0.1, 0.15) is 48.2 Å². The second kappa shape index (κ2) is 7.94. The molecule has 2 aromatic heterocycles. The molecule has 0 N–H and O–H groups in total. The summed E-state index contributed by atoms with van der Waals surface area (Å²) in [6.45, 7) is 0.278. The van der Waals surface area contributed by atoms with Gasteiger partial charge in [-0.2, -0.15) is 0 Å². The summed E-state index contributed by atoms with van der Waals surface area (Å²) >= 11 is 0. The van der Waals surface area contributed by atoms with Gasteiger partial charge in [-0.1, -0.05) is 36.4 Å². The van der Waals surface area contributed by atoms with Gasteiger partial charge in [0.05, 0.1) is 6.20 Å². The second-order valence-electron chi connectivity index (χ2n) is 8.29. The number of pyridine rings is 1. The van der Waals surface area contributed by atoms with Crippen LogP contribution in [-0.2, 0) is 11.3 Å². The van der Waals surface area contributed by atoms with Gasteiger partial charge in [-0.3, -0.25) is 9.20 Å². The molecular formula is C24H25N3O3. The molecule has 1 amide bonds. The Morgan fingerprint density at radius 2 is 1.73 bits per heavy atom. The lowest BCUT2D eigenvalue weighted by Gasteiger charge is -2.47. The Hall–Kier alpha value is -3.15. The van der Waals surface area contributed by atoms with E-state index in [2.05, 4.69) is 4.98 Å². The Morgan fingerprint density at radius 1 is 1.00 bits per heavy atom. The fraction of sp³-hybridized carbons (Fsp3) is 0.375. The van der Waals surface area contributed by atoms with Crippen molar-refractivity contribution in [1.29, 1.82) is 0 Å². The van der Waals surface area contributed by atoms with Gasteiger partial charge >= 0.3 is 6.09 Å². The van der Waals surface area contributed by atoms with Gasteiger partial charge in [0, 0.05) is 24.2 Å². The molecule has 0 saturated carbocycles. The van der Waals surface area contributed by atoms with E-state index >= 15 is 0 Å². The molecule has 6 nitrogen and oxygen atoms in total. The minimum absolute atomic E-state index is 0.0638. The molecule has 0 spiro atoms. The highest BCUT2D eigenvalue weighted by Gasteiger charge is 2.44. The number of rotatable bonds is 4. The fourth-order valence-corrected chi connectivity index (χ4v) is 5.01. The van der Waals surface area contributed by atoms with Crippen LogP contribution in [-0.4, -0.2) is 38.2 Å². The number of carbonyl (C=O) groups is 2. The Kier molecular flexibility index (Phi) is 4.99. The molecular weight excluding hydrogens is 378 g/mol. The quantitative estimate of drug-likeness (QED) is 0.602. The maximum Gasteiger partial charge on any atom is 0.410 e. The monoisotopic (exact) mass is 403 g/mol. The first-order valence-corrected chi connectivity index (χ1v) is 10.7. The molecule has 2 aliphatic rings. The van der Waals surface area contributed by atoms with E-state index < -0.39 is 0 Å². The maximum atomic E-state index is 13.3. The van der Waals surface area contributed by atoms with Crippen molar-refractivity contribution >= 4 is 17.5 Å². The van der Waals surface area contributed by atoms with Crippen LogP contribution in [0, 0.1) is 5.92 Å². The third kappa shape index (κ3) is 3.47. The van der Waals surface area contributed by atoms with Crippen molar-refractivity contribution in [3.8, 4) is 0 Å². The van der Waals surface area contributed by atoms with E-state index in [1.54, 1.807) is 6.20 Å². The van der Waals surface area contributed by atoms with Gasteiger partial charge in [0.25, 0.3) is 0 Å². The summed E-state index contributed by atoms with van der Waals surface area (Å²) in [6.07, 6.45) is 7.62. The van der Waals surface area contributed by atoms with Crippen molar-refractivity contribution in [1.82, 2.24) is 14.3 Å². The van der Waals surface area contributed by atoms with Crippen LogP contribution in [0.2, 0.25) is 0 Å². The van der Waals surface area contributed by atoms with E-state index in [1.807, 2.05) is 64.0 Å². The van der Waals surface area contributed by atoms with E-state index in [-0.39, 0.29) is 36.5 Å². The summed E-state index contributed by atoms with van der Waals surface area (Å²) < 4.78 is 7.48. The zero-order valence-corrected chi connectivity index (χ0v) is 16.8. The fourth-order valence-electron chi connectivity index (χ4n) is 5.01. The minimum Gasteiger partial charge on any atom is -0.445 e. The normalized spacial score (nSPS) is 23.3. The number of imidazole rings is 1. The van der Waals surface area contributed by atoms with Crippen LogP contribution >= 0.6 is 0 Å². The van der Waals surface area contributed by atoms with Crippen molar-refractivity contribution < 1.29 is 14.3 Å². The number of ketones is 1. The average Bonchev–Trinajstić information content (AvgIpc) is 3.21. The molecule has 5 rings (SSSR count). The van der Waals surface area contributed by atoms with Gasteiger partial charge in [-0.25, -0.2) is 9.78 Å². The molecule has 0 aliphatic carbocycles. The topological polar surface area (TPSA) is 63.9 Å². The van der Waals surface area contributed by atoms with E-state index in [0.29, 0.717) is 18.5 Å². The van der Waals surface area contributed by atoms with Gasteiger partial charge in [0.1, 0.15) is 17.9 Å². The zero-order valence-electron chi connectivity index (χ0n) is 16.8. The lowest BCUT2D eigenvalue weighted by molar-refractivity contribution is 0.00461. The lowest BCUT2D eigenvalue weighted by atomic mass is 9.76. The van der Waals surface area contributed by atoms with E-state index in [1.165, 1.54) is 0 Å². The number of Topliss-reactive ketones (excluding diaryl/α,β-unsaturated/α-hetero) is 1. The number of aromatic nitrogens is 2. The first-order valence-electron chi connectivity index (χ1n) is 10.7. The SMILES string of the molecule is O=C(c1cnc2ccccn12)C1CC2CCCC(C1)N2C(=O)OCc1ccccc1. The average molecular weight is 403 g/mol. The smallest absolute Gasteiger partial charge is 0.410 e. The second-order valence-corrected chi connectivity index (χ2v) is 8.29. The number of ether oxygens (including phenoxy) is 1. The third-order valence-corrected chi connectivity index (χ3v) is 6.43. The standard InChI is InChI=1S/C24H25N3O3/c28-23(21-15-25-22-11-4-5-12-26(21)22)18-13-19-9-6-10-20(14-18)27(19)24(29)30-16-17-7-2-1-3-8-17/h1-5,7-8,11-12,15,18-20H,6,9-10,13-14,16H2. The van der Waals surface area contributed by atoms with Crippen LogP contribution in [0.3, 0.4) is 0 Å². The number of carbonyl (C=O) groups excluding carboxylic acids is 2. The van der Waals surface area contributed by atoms with Crippen molar-refractivity contribution in [2.45, 2.75) is 50.8 Å². The molecule has 1 aromatic carbocycles. The van der Waals surface area contributed by atoms with Crippen molar-refractivity contribution in [2.75, 3.05) is 0 Å². The van der Waals surface area contributed by atoms with E-state index in [4.69, 9.17) is 4.74 Å². The van der Waals surface area contributed by atoms with Gasteiger partial charge in [0.15, 0.2) is 5.78 Å². The summed E-state index contributed by atoms with van der Waals surface area (Å²) in [5.74, 6) is 0.0430. The number of hydrogen-bond donors (Lipinski definition) is 0. The molecule has 2 saturated heterocycles. The highest BCUT2D eigenvalue weighted by Crippen LogP contribution is 2.38. The summed E-state index contributed by atoms with van der Waals surface area (Å²) in [6, 6.07) is 15.6. The summed E-state index contributed by atoms with van der Waals surface area (Å²) in [4.78, 5) is 32.4. The summed E-state index contributed by atoms with van der Waals surface area (Å²) in [5, 5.41) is 0. The third-order valence-electron chi connectivity index (χ3n) is 6.43. The van der Waals surface area contributed by atoms with Gasteiger partial charge in [-0.15, -0.1) is 0 Å². The van der Waals surface area contributed by atoms with Crippen LogP contribution in [0.4, 0.5) is 4.79 Å². The molecule has 2 atom stereocenters. The van der Waals surface area contributed by atoms with Crippen LogP contribution < -0.4 is 0 Å². The van der Waals surface area contributed by atoms with Crippen molar-refractivity contribution in [3.05, 3.63) is 72.2 Å². The number of nitrogens with zero attached hydrogens (tertiary/aromatic N) is 3. The molecule has 0 radical (unpaired) electrons. The Bertz CT molecular complexity index is 1050. The van der Waals surface area contributed by atoms with E-state index in [0.717, 1.165) is 30.5 Å². The number of hydrogen-bond acceptors (Lipinski definition) is 4. The van der Waals surface area contributed by atoms with Crippen LogP contribution in [0.25, 0.3) is 5.65 Å². The molecule has 4 heterocycles. The Balaban J connectivity index is 1.30. The molecule has 6 heteroatoms. The number of amides is 1. The highest BCUT2D eigenvalue weighted by molar-refractivity contribution is 5.97. The first-order chi connectivity index (χ1) is 14.7. The summed E-state index contributed by atoms with van der Waals surface area (Å²) in [5.41, 5.74) is 2.39. The lowest BCUT2D eigenvalue weighted by Crippen LogP contribution is -2.55. The van der Waals surface area contributed by atoms with Crippen LogP contribution in [0.15, 0.2) is 60.9 Å². The predicted molar refractivity (Wildman–Crippen MR) is 112 cm³/mol. The number of piperidine rings is 2. The van der Waals surface area contributed by atoms with Gasteiger partial charge in [0.2, 0.25) is 0 Å². The predicted octanol–water partition coefficient (Wildman–Crippen LogP) is 4.49. The molecule has 2 fully saturated rings. The summed E-state index contributed by atoms with van der Waals surface area (Å²) in [7, 11) is 0. The van der Waals surface area contributed by atoms with Crippen molar-refractivity contribution in [3.63, 3.8) is 0 Å². The van der Waals surface area contributed by atoms with Crippen LogP contribution in [0.5, 0.6) is 0 Å². The first kappa shape index (κ1) is 18.9. The zero-order chi connectivity index (χ0) is 20.5. The highest BCUT2D eigenvalue weighted by atomic mass is 16.6. The minimum atomic E-state index is -0.255. The number of benzene rings is 1. The molecule has 154 valence electrons. The molecule has 2 unspecified atom stereocenters. The number of fused-ring (bicyclic) bond motifs is 3. The maximum absolute atomic E-state index is 13.3. The molecule has 2 aliphatic heterocycles. The van der Waals surface area contributed by atoms with Crippen molar-refractivity contribution in [2.24, 2.45) is 5.92 Å². The molecule has 30 heavy (non-hydrogen) atoms. The van der Waals surface area contributed by atoms with Gasteiger partial charge < -0.3 is 9.64 Å². The van der Waals surface area contributed by atoms with Gasteiger partial charge in [-0.05, 0) is 49.8 Å². The van der Waals surface area contributed by atoms with E-state index in [9.17, 15) is 9.59 Å². The Morgan fingerprint density at radius 3 is 2.50 bits per heavy atom. The molecule has 2 bridgehead atoms. The Labute approximate surface area is 175 Å².